The standard InChI is InChI=1S/C10H13Cl2FN2/c1-6(11)3-7(2)15-10-9(13)4-8(12)5-14-10/h4-7H,3H2,1-2H3,(H,14,15). The van der Waals surface area contributed by atoms with Crippen molar-refractivity contribution >= 4 is 29.0 Å². The molecule has 84 valence electrons. The third kappa shape index (κ3) is 4.22. The summed E-state index contributed by atoms with van der Waals surface area (Å²) in [5, 5.41) is 3.27. The maximum absolute atomic E-state index is 13.3. The Morgan fingerprint density at radius 1 is 1.53 bits per heavy atom. The lowest BCUT2D eigenvalue weighted by Crippen LogP contribution is -2.20. The maximum Gasteiger partial charge on any atom is 0.166 e. The zero-order valence-electron chi connectivity index (χ0n) is 8.60. The molecule has 1 heterocycles. The van der Waals surface area contributed by atoms with Gasteiger partial charge >= 0.3 is 0 Å². The Balaban J connectivity index is 2.64. The molecule has 0 spiro atoms. The van der Waals surface area contributed by atoms with Crippen LogP contribution in [0.1, 0.15) is 20.3 Å². The first kappa shape index (κ1) is 12.5. The van der Waals surface area contributed by atoms with E-state index in [9.17, 15) is 4.39 Å². The molecule has 0 saturated heterocycles. The van der Waals surface area contributed by atoms with Crippen molar-refractivity contribution in [3.8, 4) is 0 Å². The molecular weight excluding hydrogens is 238 g/mol. The minimum Gasteiger partial charge on any atom is -0.365 e. The molecule has 0 saturated carbocycles. The lowest BCUT2D eigenvalue weighted by atomic mass is 10.2. The molecule has 0 aliphatic heterocycles. The van der Waals surface area contributed by atoms with Crippen LogP contribution < -0.4 is 5.32 Å². The molecule has 1 rings (SSSR count). The van der Waals surface area contributed by atoms with Gasteiger partial charge in [-0.05, 0) is 26.3 Å². The Morgan fingerprint density at radius 2 is 2.20 bits per heavy atom. The zero-order chi connectivity index (χ0) is 11.4. The monoisotopic (exact) mass is 250 g/mol. The van der Waals surface area contributed by atoms with Gasteiger partial charge in [0.25, 0.3) is 0 Å². The molecule has 0 aliphatic carbocycles. The predicted molar refractivity (Wildman–Crippen MR) is 62.2 cm³/mol. The molecule has 2 atom stereocenters. The highest BCUT2D eigenvalue weighted by atomic mass is 35.5. The first-order chi connectivity index (χ1) is 6.99. The van der Waals surface area contributed by atoms with Crippen LogP contribution in [0, 0.1) is 5.82 Å². The van der Waals surface area contributed by atoms with Gasteiger partial charge in [0.15, 0.2) is 11.6 Å². The van der Waals surface area contributed by atoms with Crippen LogP contribution >= 0.6 is 23.2 Å². The van der Waals surface area contributed by atoms with Gasteiger partial charge in [-0.25, -0.2) is 9.37 Å². The van der Waals surface area contributed by atoms with E-state index in [0.717, 1.165) is 6.42 Å². The van der Waals surface area contributed by atoms with Crippen LogP contribution in [0.15, 0.2) is 12.3 Å². The van der Waals surface area contributed by atoms with Crippen molar-refractivity contribution in [2.24, 2.45) is 0 Å². The Bertz CT molecular complexity index is 331. The summed E-state index contributed by atoms with van der Waals surface area (Å²) in [6.07, 6.45) is 2.15. The van der Waals surface area contributed by atoms with Crippen LogP contribution in [0.4, 0.5) is 10.2 Å². The minimum absolute atomic E-state index is 0.0443. The summed E-state index contributed by atoms with van der Waals surface area (Å²) in [7, 11) is 0. The van der Waals surface area contributed by atoms with Gasteiger partial charge in [0, 0.05) is 17.6 Å². The number of rotatable bonds is 4. The average molecular weight is 251 g/mol. The fourth-order valence-electron chi connectivity index (χ4n) is 1.30. The van der Waals surface area contributed by atoms with E-state index in [1.54, 1.807) is 0 Å². The number of nitrogens with one attached hydrogen (secondary N) is 1. The van der Waals surface area contributed by atoms with Crippen molar-refractivity contribution < 1.29 is 4.39 Å². The molecule has 1 aromatic heterocycles. The minimum atomic E-state index is -0.448. The van der Waals surface area contributed by atoms with Crippen LogP contribution in [0.25, 0.3) is 0 Å². The smallest absolute Gasteiger partial charge is 0.166 e. The molecule has 0 fully saturated rings. The zero-order valence-corrected chi connectivity index (χ0v) is 10.1. The summed E-state index contributed by atoms with van der Waals surface area (Å²) in [5.41, 5.74) is 0. The lowest BCUT2D eigenvalue weighted by Gasteiger charge is -2.15. The van der Waals surface area contributed by atoms with E-state index in [0.29, 0.717) is 0 Å². The van der Waals surface area contributed by atoms with Gasteiger partial charge in [-0.15, -0.1) is 11.6 Å². The number of hydrogen-bond acceptors (Lipinski definition) is 2. The normalized spacial score (nSPS) is 14.7. The van der Waals surface area contributed by atoms with Gasteiger partial charge in [-0.1, -0.05) is 11.6 Å². The van der Waals surface area contributed by atoms with Crippen molar-refractivity contribution in [1.29, 1.82) is 0 Å². The van der Waals surface area contributed by atoms with E-state index in [2.05, 4.69) is 10.3 Å². The molecule has 0 aliphatic rings. The van der Waals surface area contributed by atoms with Crippen molar-refractivity contribution in [2.75, 3.05) is 5.32 Å². The second-order valence-corrected chi connectivity index (χ2v) is 4.73. The van der Waals surface area contributed by atoms with E-state index in [-0.39, 0.29) is 22.3 Å². The molecule has 1 N–H and O–H groups in total. The Kier molecular flexibility index (Phi) is 4.61. The second kappa shape index (κ2) is 5.52. The number of hydrogen-bond donors (Lipinski definition) is 1. The number of aromatic nitrogens is 1. The first-order valence-electron chi connectivity index (χ1n) is 4.70. The Morgan fingerprint density at radius 3 is 2.73 bits per heavy atom. The van der Waals surface area contributed by atoms with Gasteiger partial charge in [0.2, 0.25) is 0 Å². The lowest BCUT2D eigenvalue weighted by molar-refractivity contribution is 0.614. The second-order valence-electron chi connectivity index (χ2n) is 3.55. The molecule has 2 unspecified atom stereocenters. The van der Waals surface area contributed by atoms with Crippen molar-refractivity contribution in [3.05, 3.63) is 23.1 Å². The Labute approximate surface area is 98.8 Å². The van der Waals surface area contributed by atoms with Gasteiger partial charge in [-0.2, -0.15) is 0 Å². The van der Waals surface area contributed by atoms with Crippen LogP contribution in [0.2, 0.25) is 5.02 Å². The van der Waals surface area contributed by atoms with Crippen LogP contribution in [0.3, 0.4) is 0 Å². The molecular formula is C10H13Cl2FN2. The van der Waals surface area contributed by atoms with Gasteiger partial charge in [0.1, 0.15) is 0 Å². The van der Waals surface area contributed by atoms with Crippen molar-refractivity contribution in [1.82, 2.24) is 4.98 Å². The topological polar surface area (TPSA) is 24.9 Å². The molecule has 1 aromatic rings. The maximum atomic E-state index is 13.3. The van der Waals surface area contributed by atoms with Gasteiger partial charge in [-0.3, -0.25) is 0 Å². The molecule has 15 heavy (non-hydrogen) atoms. The number of pyridine rings is 1. The summed E-state index contributed by atoms with van der Waals surface area (Å²) in [6.45, 7) is 3.82. The fraction of sp³-hybridized carbons (Fsp3) is 0.500. The summed E-state index contributed by atoms with van der Waals surface area (Å²) < 4.78 is 13.3. The van der Waals surface area contributed by atoms with Crippen LogP contribution in [-0.4, -0.2) is 16.4 Å². The third-order valence-corrected chi connectivity index (χ3v) is 2.25. The highest BCUT2D eigenvalue weighted by Crippen LogP contribution is 2.17. The predicted octanol–water partition coefficient (Wildman–Crippen LogP) is 3.69. The van der Waals surface area contributed by atoms with Crippen LogP contribution in [-0.2, 0) is 0 Å². The summed E-state index contributed by atoms with van der Waals surface area (Å²) in [6, 6.07) is 1.30. The average Bonchev–Trinajstić information content (AvgIpc) is 2.08. The Hall–Kier alpha value is -0.540. The van der Waals surface area contributed by atoms with Crippen molar-refractivity contribution in [2.45, 2.75) is 31.7 Å². The molecule has 5 heteroatoms. The molecule has 0 amide bonds. The highest BCUT2D eigenvalue weighted by molar-refractivity contribution is 6.30. The molecule has 0 bridgehead atoms. The quantitative estimate of drug-likeness (QED) is 0.825. The number of halogens is 3. The summed E-state index contributed by atoms with van der Waals surface area (Å²) in [4.78, 5) is 3.86. The highest BCUT2D eigenvalue weighted by Gasteiger charge is 2.10. The molecule has 2 nitrogen and oxygen atoms in total. The van der Waals surface area contributed by atoms with E-state index in [4.69, 9.17) is 23.2 Å². The van der Waals surface area contributed by atoms with Crippen LogP contribution in [0.5, 0.6) is 0 Å². The van der Waals surface area contributed by atoms with E-state index < -0.39 is 5.82 Å². The fourth-order valence-corrected chi connectivity index (χ4v) is 1.71. The van der Waals surface area contributed by atoms with E-state index in [1.165, 1.54) is 12.3 Å². The van der Waals surface area contributed by atoms with E-state index in [1.807, 2.05) is 13.8 Å². The summed E-state index contributed by atoms with van der Waals surface area (Å²) >= 11 is 11.4. The molecule has 0 aromatic carbocycles. The summed E-state index contributed by atoms with van der Waals surface area (Å²) in [5.74, 6) is -0.235. The number of alkyl halides is 1. The largest absolute Gasteiger partial charge is 0.365 e. The SMILES string of the molecule is CC(Cl)CC(C)Nc1ncc(Cl)cc1F. The van der Waals surface area contributed by atoms with Gasteiger partial charge in [0.05, 0.1) is 5.02 Å². The number of anilines is 1. The van der Waals surface area contributed by atoms with Gasteiger partial charge < -0.3 is 5.32 Å². The molecule has 0 radical (unpaired) electrons. The van der Waals surface area contributed by atoms with E-state index >= 15 is 0 Å². The van der Waals surface area contributed by atoms with Crippen molar-refractivity contribution in [3.63, 3.8) is 0 Å². The third-order valence-electron chi connectivity index (χ3n) is 1.87. The number of nitrogens with zero attached hydrogens (tertiary/aromatic N) is 1. The first-order valence-corrected chi connectivity index (χ1v) is 5.52.